The van der Waals surface area contributed by atoms with Crippen molar-refractivity contribution in [3.63, 3.8) is 0 Å². The second-order valence-corrected chi connectivity index (χ2v) is 10.1. The number of amides is 1. The van der Waals surface area contributed by atoms with Crippen LogP contribution in [-0.4, -0.2) is 44.4 Å². The summed E-state index contributed by atoms with van der Waals surface area (Å²) in [5.41, 5.74) is 1.64. The van der Waals surface area contributed by atoms with Crippen molar-refractivity contribution in [1.82, 2.24) is 4.90 Å². The number of ether oxygens (including phenoxy) is 2. The zero-order valence-electron chi connectivity index (χ0n) is 17.2. The number of likely N-dealkylation sites (tertiary alicyclic amines) is 1. The molecule has 1 saturated heterocycles. The van der Waals surface area contributed by atoms with Crippen LogP contribution in [0.3, 0.4) is 0 Å². The van der Waals surface area contributed by atoms with E-state index < -0.39 is 32.6 Å². The SMILES string of the molecule is COc1cccc2c1OC1(C)CC2C(S(=O)(=O)c2ccc(C)c(C)c2)C(=O)N1C. The molecular formula is C22H25NO5S. The smallest absolute Gasteiger partial charge is 0.244 e. The largest absolute Gasteiger partial charge is 0.493 e. The number of sulfone groups is 1. The molecule has 29 heavy (non-hydrogen) atoms. The third-order valence-electron chi connectivity index (χ3n) is 6.34. The molecule has 0 N–H and O–H groups in total. The Morgan fingerprint density at radius 1 is 1.17 bits per heavy atom. The minimum absolute atomic E-state index is 0.173. The summed E-state index contributed by atoms with van der Waals surface area (Å²) in [7, 11) is -0.766. The molecule has 2 aliphatic rings. The Bertz CT molecular complexity index is 1110. The highest BCUT2D eigenvalue weighted by molar-refractivity contribution is 7.92. The molecule has 1 fully saturated rings. The first kappa shape index (κ1) is 19.8. The molecule has 4 rings (SSSR count). The number of carbonyl (C=O) groups excluding carboxylic acids is 1. The van der Waals surface area contributed by atoms with E-state index in [2.05, 4.69) is 0 Å². The van der Waals surface area contributed by atoms with Crippen LogP contribution in [-0.2, 0) is 14.6 Å². The summed E-state index contributed by atoms with van der Waals surface area (Å²) in [6.07, 6.45) is 0.393. The Morgan fingerprint density at radius 3 is 2.55 bits per heavy atom. The third-order valence-corrected chi connectivity index (χ3v) is 8.45. The number of piperidine rings is 1. The molecular weight excluding hydrogens is 390 g/mol. The second-order valence-electron chi connectivity index (χ2n) is 8.08. The number of nitrogens with zero attached hydrogens (tertiary/aromatic N) is 1. The lowest BCUT2D eigenvalue weighted by atomic mass is 9.80. The summed E-state index contributed by atoms with van der Waals surface area (Å²) in [6, 6.07) is 10.4. The van der Waals surface area contributed by atoms with Gasteiger partial charge in [-0.05, 0) is 50.1 Å². The highest BCUT2D eigenvalue weighted by Gasteiger charge is 2.57. The van der Waals surface area contributed by atoms with Gasteiger partial charge in [0.15, 0.2) is 32.3 Å². The molecule has 0 aromatic heterocycles. The lowest BCUT2D eigenvalue weighted by Crippen LogP contribution is -2.64. The number of methoxy groups -OCH3 is 1. The minimum atomic E-state index is -3.91. The topological polar surface area (TPSA) is 72.9 Å². The van der Waals surface area contributed by atoms with Crippen LogP contribution < -0.4 is 9.47 Å². The molecule has 154 valence electrons. The van der Waals surface area contributed by atoms with Crippen molar-refractivity contribution in [1.29, 1.82) is 0 Å². The number of carbonyl (C=O) groups is 1. The predicted octanol–water partition coefficient (Wildman–Crippen LogP) is 3.21. The van der Waals surface area contributed by atoms with Gasteiger partial charge < -0.3 is 14.4 Å². The maximum atomic E-state index is 13.7. The van der Waals surface area contributed by atoms with Crippen LogP contribution in [0, 0.1) is 13.8 Å². The monoisotopic (exact) mass is 415 g/mol. The molecule has 1 amide bonds. The summed E-state index contributed by atoms with van der Waals surface area (Å²) >= 11 is 0. The van der Waals surface area contributed by atoms with E-state index in [0.29, 0.717) is 23.5 Å². The van der Waals surface area contributed by atoms with Crippen molar-refractivity contribution in [2.75, 3.05) is 14.2 Å². The van der Waals surface area contributed by atoms with E-state index in [1.165, 1.54) is 4.90 Å². The molecule has 3 unspecified atom stereocenters. The zero-order chi connectivity index (χ0) is 21.1. The number of aryl methyl sites for hydroxylation is 2. The molecule has 0 saturated carbocycles. The van der Waals surface area contributed by atoms with Crippen LogP contribution in [0.5, 0.6) is 11.5 Å². The molecule has 0 radical (unpaired) electrons. The van der Waals surface area contributed by atoms with Gasteiger partial charge in [-0.25, -0.2) is 8.42 Å². The number of benzene rings is 2. The maximum Gasteiger partial charge on any atom is 0.244 e. The first-order chi connectivity index (χ1) is 13.6. The summed E-state index contributed by atoms with van der Waals surface area (Å²) in [5, 5.41) is -1.21. The van der Waals surface area contributed by atoms with Gasteiger partial charge in [-0.3, -0.25) is 4.79 Å². The van der Waals surface area contributed by atoms with Gasteiger partial charge in [-0.2, -0.15) is 0 Å². The fraction of sp³-hybridized carbons (Fsp3) is 0.409. The normalized spacial score (nSPS) is 26.0. The molecule has 0 aliphatic carbocycles. The van der Waals surface area contributed by atoms with Gasteiger partial charge in [0.25, 0.3) is 0 Å². The van der Waals surface area contributed by atoms with Gasteiger partial charge in [-0.15, -0.1) is 0 Å². The van der Waals surface area contributed by atoms with Crippen LogP contribution >= 0.6 is 0 Å². The van der Waals surface area contributed by atoms with Crippen LogP contribution in [0.15, 0.2) is 41.3 Å². The lowest BCUT2D eigenvalue weighted by Gasteiger charge is -2.51. The Labute approximate surface area is 171 Å². The molecule has 2 heterocycles. The Balaban J connectivity index is 1.91. The Kier molecular flexibility index (Phi) is 4.42. The summed E-state index contributed by atoms with van der Waals surface area (Å²) in [6.45, 7) is 5.61. The van der Waals surface area contributed by atoms with E-state index in [1.54, 1.807) is 44.5 Å². The van der Waals surface area contributed by atoms with Crippen molar-refractivity contribution >= 4 is 15.7 Å². The van der Waals surface area contributed by atoms with Crippen molar-refractivity contribution in [3.8, 4) is 11.5 Å². The van der Waals surface area contributed by atoms with Crippen LogP contribution in [0.1, 0.15) is 36.0 Å². The van der Waals surface area contributed by atoms with Gasteiger partial charge in [0.1, 0.15) is 0 Å². The van der Waals surface area contributed by atoms with E-state index in [-0.39, 0.29) is 4.90 Å². The van der Waals surface area contributed by atoms with E-state index >= 15 is 0 Å². The number of hydrogen-bond acceptors (Lipinski definition) is 5. The van der Waals surface area contributed by atoms with E-state index in [0.717, 1.165) is 11.1 Å². The molecule has 7 heteroatoms. The van der Waals surface area contributed by atoms with Crippen LogP contribution in [0.4, 0.5) is 0 Å². The predicted molar refractivity (Wildman–Crippen MR) is 109 cm³/mol. The number of para-hydroxylation sites is 1. The number of rotatable bonds is 3. The van der Waals surface area contributed by atoms with Crippen molar-refractivity contribution < 1.29 is 22.7 Å². The summed E-state index contributed by atoms with van der Waals surface area (Å²) < 4.78 is 38.9. The van der Waals surface area contributed by atoms with Crippen LogP contribution in [0.2, 0.25) is 0 Å². The lowest BCUT2D eigenvalue weighted by molar-refractivity contribution is -0.160. The van der Waals surface area contributed by atoms with Gasteiger partial charge in [0.2, 0.25) is 5.91 Å². The first-order valence-corrected chi connectivity index (χ1v) is 11.1. The zero-order valence-corrected chi connectivity index (χ0v) is 18.0. The molecule has 2 aliphatic heterocycles. The average Bonchev–Trinajstić information content (AvgIpc) is 2.67. The van der Waals surface area contributed by atoms with E-state index in [1.807, 2.05) is 26.8 Å². The van der Waals surface area contributed by atoms with Gasteiger partial charge in [0.05, 0.1) is 12.0 Å². The number of fused-ring (bicyclic) bond motifs is 4. The molecule has 6 nitrogen and oxygen atoms in total. The second kappa shape index (κ2) is 6.49. The molecule has 2 aromatic carbocycles. The van der Waals surface area contributed by atoms with Crippen molar-refractivity contribution in [2.24, 2.45) is 0 Å². The van der Waals surface area contributed by atoms with Gasteiger partial charge in [0, 0.05) is 24.9 Å². The van der Waals surface area contributed by atoms with Crippen molar-refractivity contribution in [3.05, 3.63) is 53.1 Å². The third kappa shape index (κ3) is 2.82. The van der Waals surface area contributed by atoms with E-state index in [9.17, 15) is 13.2 Å². The highest BCUT2D eigenvalue weighted by Crippen LogP contribution is 2.52. The standard InChI is InChI=1S/C22H25NO5S/c1-13-9-10-15(11-14(13)2)29(25,26)20-17-12-22(3,23(4)21(20)24)28-19-16(17)7-6-8-18(19)27-5/h6-11,17,20H,12H2,1-5H3. The van der Waals surface area contributed by atoms with E-state index in [4.69, 9.17) is 9.47 Å². The molecule has 0 spiro atoms. The van der Waals surface area contributed by atoms with Gasteiger partial charge in [-0.1, -0.05) is 18.2 Å². The molecule has 3 atom stereocenters. The Hall–Kier alpha value is -2.54. The Morgan fingerprint density at radius 2 is 1.90 bits per heavy atom. The summed E-state index contributed by atoms with van der Waals surface area (Å²) in [4.78, 5) is 14.9. The average molecular weight is 416 g/mol. The summed E-state index contributed by atoms with van der Waals surface area (Å²) in [5.74, 6) is 0.0708. The molecule has 2 bridgehead atoms. The first-order valence-electron chi connectivity index (χ1n) is 9.55. The fourth-order valence-corrected chi connectivity index (χ4v) is 6.32. The van der Waals surface area contributed by atoms with Crippen molar-refractivity contribution in [2.45, 2.75) is 49.0 Å². The maximum absolute atomic E-state index is 13.7. The number of hydrogen-bond donors (Lipinski definition) is 0. The van der Waals surface area contributed by atoms with Gasteiger partial charge >= 0.3 is 0 Å². The quantitative estimate of drug-likeness (QED) is 0.770. The molecule has 2 aromatic rings. The fourth-order valence-electron chi connectivity index (χ4n) is 4.33. The van der Waals surface area contributed by atoms with Crippen LogP contribution in [0.25, 0.3) is 0 Å². The highest BCUT2D eigenvalue weighted by atomic mass is 32.2. The minimum Gasteiger partial charge on any atom is -0.493 e.